The van der Waals surface area contributed by atoms with Crippen molar-refractivity contribution in [2.75, 3.05) is 19.1 Å². The van der Waals surface area contributed by atoms with Crippen LogP contribution in [0.4, 0.5) is 0 Å². The van der Waals surface area contributed by atoms with Gasteiger partial charge in [0, 0.05) is 6.54 Å². The van der Waals surface area contributed by atoms with Crippen LogP contribution in [0.15, 0.2) is 12.5 Å². The molecule has 1 rings (SSSR count). The van der Waals surface area contributed by atoms with Gasteiger partial charge in [-0.25, -0.2) is 14.5 Å². The van der Waals surface area contributed by atoms with Crippen molar-refractivity contribution in [1.29, 1.82) is 0 Å². The fraction of sp³-hybridized carbons (Fsp3) is 0.600. The maximum Gasteiger partial charge on any atom is 0.358 e. The highest BCUT2D eigenvalue weighted by Crippen LogP contribution is 2.01. The average molecular weight is 211 g/mol. The lowest BCUT2D eigenvalue weighted by Gasteiger charge is -2.10. The molecular formula is C10H17N3O2. The Morgan fingerprint density at radius 1 is 1.67 bits per heavy atom. The molecule has 0 unspecified atom stereocenters. The Kier molecular flexibility index (Phi) is 4.15. The standard InChI is InChI=1S/C10H17N3O2/c1-8(2)4-5-12-13-7-11-6-9(13)10(14)15-3/h6-8,12H,4-5H2,1-3H3. The van der Waals surface area contributed by atoms with E-state index < -0.39 is 0 Å². The molecule has 0 aliphatic carbocycles. The van der Waals surface area contributed by atoms with Crippen molar-refractivity contribution in [3.05, 3.63) is 18.2 Å². The van der Waals surface area contributed by atoms with Gasteiger partial charge in [-0.1, -0.05) is 13.8 Å². The van der Waals surface area contributed by atoms with Crippen LogP contribution in [0.2, 0.25) is 0 Å². The molecule has 1 aromatic rings. The average Bonchev–Trinajstić information content (AvgIpc) is 2.64. The normalized spacial score (nSPS) is 10.4. The molecule has 0 aromatic carbocycles. The van der Waals surface area contributed by atoms with E-state index in [0.717, 1.165) is 13.0 Å². The van der Waals surface area contributed by atoms with Crippen LogP contribution in [-0.4, -0.2) is 29.3 Å². The van der Waals surface area contributed by atoms with Crippen LogP contribution in [0.25, 0.3) is 0 Å². The van der Waals surface area contributed by atoms with Gasteiger partial charge in [0.25, 0.3) is 0 Å². The van der Waals surface area contributed by atoms with Crippen molar-refractivity contribution >= 4 is 5.97 Å². The SMILES string of the molecule is COC(=O)c1cncn1NCCC(C)C. The van der Waals surface area contributed by atoms with Crippen LogP contribution in [-0.2, 0) is 4.74 Å². The van der Waals surface area contributed by atoms with E-state index in [2.05, 4.69) is 29.0 Å². The molecule has 0 amide bonds. The smallest absolute Gasteiger partial charge is 0.358 e. The number of methoxy groups -OCH3 is 1. The Labute approximate surface area is 89.4 Å². The van der Waals surface area contributed by atoms with Crippen LogP contribution < -0.4 is 5.43 Å². The molecular weight excluding hydrogens is 194 g/mol. The van der Waals surface area contributed by atoms with Gasteiger partial charge in [0.15, 0.2) is 5.69 Å². The fourth-order valence-electron chi connectivity index (χ4n) is 1.15. The number of ether oxygens (including phenoxy) is 1. The summed E-state index contributed by atoms with van der Waals surface area (Å²) in [6, 6.07) is 0. The van der Waals surface area contributed by atoms with E-state index in [-0.39, 0.29) is 5.97 Å². The number of esters is 1. The van der Waals surface area contributed by atoms with E-state index >= 15 is 0 Å². The topological polar surface area (TPSA) is 56.1 Å². The van der Waals surface area contributed by atoms with Gasteiger partial charge in [-0.05, 0) is 12.3 Å². The largest absolute Gasteiger partial charge is 0.464 e. The molecule has 0 atom stereocenters. The molecule has 0 aliphatic rings. The minimum atomic E-state index is -0.385. The zero-order valence-corrected chi connectivity index (χ0v) is 9.36. The molecule has 1 heterocycles. The monoisotopic (exact) mass is 211 g/mol. The van der Waals surface area contributed by atoms with Crippen LogP contribution in [0.5, 0.6) is 0 Å². The first-order valence-corrected chi connectivity index (χ1v) is 4.99. The Hall–Kier alpha value is -1.52. The fourth-order valence-corrected chi connectivity index (χ4v) is 1.15. The predicted molar refractivity (Wildman–Crippen MR) is 57.2 cm³/mol. The molecule has 84 valence electrons. The molecule has 0 fully saturated rings. The highest BCUT2D eigenvalue weighted by Gasteiger charge is 2.11. The summed E-state index contributed by atoms with van der Waals surface area (Å²) in [4.78, 5) is 15.2. The van der Waals surface area contributed by atoms with Crippen LogP contribution in [0, 0.1) is 5.92 Å². The second-order valence-electron chi connectivity index (χ2n) is 3.73. The molecule has 0 spiro atoms. The van der Waals surface area contributed by atoms with Crippen molar-refractivity contribution in [3.8, 4) is 0 Å². The van der Waals surface area contributed by atoms with Gasteiger partial charge in [-0.2, -0.15) is 0 Å². The zero-order valence-electron chi connectivity index (χ0n) is 9.36. The molecule has 5 heteroatoms. The van der Waals surface area contributed by atoms with Crippen molar-refractivity contribution in [2.24, 2.45) is 5.92 Å². The first-order valence-electron chi connectivity index (χ1n) is 4.99. The number of nitrogens with one attached hydrogen (secondary N) is 1. The van der Waals surface area contributed by atoms with Crippen LogP contribution in [0.1, 0.15) is 30.8 Å². The molecule has 0 saturated heterocycles. The lowest BCUT2D eigenvalue weighted by Crippen LogP contribution is -2.21. The van der Waals surface area contributed by atoms with Gasteiger partial charge in [-0.15, -0.1) is 0 Å². The molecule has 0 aliphatic heterocycles. The summed E-state index contributed by atoms with van der Waals surface area (Å²) in [7, 11) is 1.35. The maximum atomic E-state index is 11.3. The van der Waals surface area contributed by atoms with Crippen LogP contribution >= 0.6 is 0 Å². The van der Waals surface area contributed by atoms with Crippen LogP contribution in [0.3, 0.4) is 0 Å². The quantitative estimate of drug-likeness (QED) is 0.745. The molecule has 0 radical (unpaired) electrons. The minimum absolute atomic E-state index is 0.385. The number of rotatable bonds is 5. The summed E-state index contributed by atoms with van der Waals surface area (Å²) < 4.78 is 6.21. The lowest BCUT2D eigenvalue weighted by atomic mass is 10.1. The van der Waals surface area contributed by atoms with Crippen molar-refractivity contribution < 1.29 is 9.53 Å². The molecule has 0 saturated carbocycles. The van der Waals surface area contributed by atoms with E-state index in [1.54, 1.807) is 11.0 Å². The molecule has 1 aromatic heterocycles. The zero-order chi connectivity index (χ0) is 11.3. The molecule has 0 bridgehead atoms. The number of aromatic nitrogens is 2. The van der Waals surface area contributed by atoms with Gasteiger partial charge in [0.1, 0.15) is 6.33 Å². The third kappa shape index (κ3) is 3.27. The maximum absolute atomic E-state index is 11.3. The lowest BCUT2D eigenvalue weighted by molar-refractivity contribution is 0.0590. The van der Waals surface area contributed by atoms with Gasteiger partial charge in [0.05, 0.1) is 13.3 Å². The summed E-state index contributed by atoms with van der Waals surface area (Å²) in [6.45, 7) is 5.10. The van der Waals surface area contributed by atoms with Crippen molar-refractivity contribution in [1.82, 2.24) is 9.66 Å². The number of nitrogens with zero attached hydrogens (tertiary/aromatic N) is 2. The Morgan fingerprint density at radius 3 is 3.00 bits per heavy atom. The number of imidazole rings is 1. The summed E-state index contributed by atoms with van der Waals surface area (Å²) in [5.74, 6) is 0.243. The minimum Gasteiger partial charge on any atom is -0.464 e. The molecule has 5 nitrogen and oxygen atoms in total. The van der Waals surface area contributed by atoms with Crippen molar-refractivity contribution in [3.63, 3.8) is 0 Å². The molecule has 15 heavy (non-hydrogen) atoms. The van der Waals surface area contributed by atoms with Crippen molar-refractivity contribution in [2.45, 2.75) is 20.3 Å². The van der Waals surface area contributed by atoms with Gasteiger partial charge >= 0.3 is 5.97 Å². The third-order valence-corrected chi connectivity index (χ3v) is 2.04. The van der Waals surface area contributed by atoms with Gasteiger partial charge < -0.3 is 10.2 Å². The number of hydrogen-bond donors (Lipinski definition) is 1. The second kappa shape index (κ2) is 5.38. The first kappa shape index (κ1) is 11.6. The van der Waals surface area contributed by atoms with Gasteiger partial charge in [0.2, 0.25) is 0 Å². The third-order valence-electron chi connectivity index (χ3n) is 2.04. The van der Waals surface area contributed by atoms with E-state index in [1.807, 2.05) is 0 Å². The van der Waals surface area contributed by atoms with Gasteiger partial charge in [-0.3, -0.25) is 0 Å². The van der Waals surface area contributed by atoms with E-state index in [9.17, 15) is 4.79 Å². The Bertz CT molecular complexity index is 320. The number of hydrogen-bond acceptors (Lipinski definition) is 4. The van der Waals surface area contributed by atoms with E-state index in [0.29, 0.717) is 11.6 Å². The Balaban J connectivity index is 2.54. The summed E-state index contributed by atoms with van der Waals surface area (Å²) >= 11 is 0. The predicted octanol–water partition coefficient (Wildman–Crippen LogP) is 1.26. The highest BCUT2D eigenvalue weighted by atomic mass is 16.5. The number of carbonyl (C=O) groups is 1. The van der Waals surface area contributed by atoms with E-state index in [1.165, 1.54) is 13.3 Å². The Morgan fingerprint density at radius 2 is 2.40 bits per heavy atom. The second-order valence-corrected chi connectivity index (χ2v) is 3.73. The highest BCUT2D eigenvalue weighted by molar-refractivity contribution is 5.87. The summed E-state index contributed by atoms with van der Waals surface area (Å²) in [6.07, 6.45) is 4.08. The summed E-state index contributed by atoms with van der Waals surface area (Å²) in [5, 5.41) is 0. The summed E-state index contributed by atoms with van der Waals surface area (Å²) in [5.41, 5.74) is 3.51. The van der Waals surface area contributed by atoms with E-state index in [4.69, 9.17) is 0 Å². The first-order chi connectivity index (χ1) is 7.15. The number of carbonyl (C=O) groups excluding carboxylic acids is 1. The molecule has 1 N–H and O–H groups in total.